The highest BCUT2D eigenvalue weighted by Gasteiger charge is 2.48. The summed E-state index contributed by atoms with van der Waals surface area (Å²) in [5.74, 6) is -1.48. The van der Waals surface area contributed by atoms with Gasteiger partial charge in [0, 0.05) is 19.0 Å². The van der Waals surface area contributed by atoms with Crippen LogP contribution in [0.2, 0.25) is 0 Å². The van der Waals surface area contributed by atoms with Gasteiger partial charge in [0.25, 0.3) is 11.8 Å². The summed E-state index contributed by atoms with van der Waals surface area (Å²) in [4.78, 5) is 41.5. The van der Waals surface area contributed by atoms with E-state index in [2.05, 4.69) is 0 Å². The number of imide groups is 1. The Hall–Kier alpha value is -3.22. The van der Waals surface area contributed by atoms with Gasteiger partial charge in [-0.25, -0.2) is 9.18 Å². The lowest BCUT2D eigenvalue weighted by atomic mass is 9.93. The fourth-order valence-corrected chi connectivity index (χ4v) is 4.07. The first-order valence-corrected chi connectivity index (χ1v) is 9.86. The Morgan fingerprint density at radius 2 is 1.53 bits per heavy atom. The Balaban J connectivity index is 1.68. The van der Waals surface area contributed by atoms with Crippen LogP contribution < -0.4 is 0 Å². The highest BCUT2D eigenvalue weighted by Crippen LogP contribution is 2.36. The number of carbonyl (C=O) groups is 3. The summed E-state index contributed by atoms with van der Waals surface area (Å²) in [6.07, 6.45) is -0.506. The maximum atomic E-state index is 13.5. The number of amides is 3. The van der Waals surface area contributed by atoms with Gasteiger partial charge in [-0.2, -0.15) is 0 Å². The molecule has 0 N–H and O–H groups in total. The van der Waals surface area contributed by atoms with Gasteiger partial charge in [-0.1, -0.05) is 24.3 Å². The van der Waals surface area contributed by atoms with Crippen LogP contribution >= 0.6 is 0 Å². The van der Waals surface area contributed by atoms with E-state index in [0.717, 1.165) is 5.56 Å². The molecule has 0 radical (unpaired) electrons. The second-order valence-electron chi connectivity index (χ2n) is 8.64. The average Bonchev–Trinajstić information content (AvgIpc) is 3.22. The summed E-state index contributed by atoms with van der Waals surface area (Å²) in [5.41, 5.74) is 0.798. The quantitative estimate of drug-likeness (QED) is 0.706. The smallest absolute Gasteiger partial charge is 0.410 e. The molecule has 1 fully saturated rings. The Labute approximate surface area is 174 Å². The third kappa shape index (κ3) is 3.56. The standard InChI is InChI=1S/C23H23FN2O4/c1-23(2,3)30-22(29)25-12-18(14-8-10-15(24)11-9-14)19(13-25)26-20(27)16-6-4-5-7-17(16)21(26)28/h4-11,18-19H,12-13H2,1-3H3/t18-,19-/m1/s1. The molecule has 1 saturated heterocycles. The largest absolute Gasteiger partial charge is 0.444 e. The molecule has 6 nitrogen and oxygen atoms in total. The zero-order chi connectivity index (χ0) is 21.6. The van der Waals surface area contributed by atoms with Gasteiger partial charge in [-0.15, -0.1) is 0 Å². The molecule has 2 heterocycles. The van der Waals surface area contributed by atoms with Gasteiger partial charge in [0.05, 0.1) is 17.2 Å². The van der Waals surface area contributed by atoms with E-state index < -0.39 is 17.7 Å². The second kappa shape index (κ2) is 7.23. The molecule has 2 aliphatic rings. The SMILES string of the molecule is CC(C)(C)OC(=O)N1C[C@H](c2ccc(F)cc2)[C@H](N2C(=O)c3ccccc3C2=O)C1. The number of hydrogen-bond donors (Lipinski definition) is 0. The molecular formula is C23H23FN2O4. The molecule has 0 spiro atoms. The minimum atomic E-state index is -0.671. The van der Waals surface area contributed by atoms with E-state index in [1.165, 1.54) is 21.9 Å². The lowest BCUT2D eigenvalue weighted by Gasteiger charge is -2.27. The normalized spacial score (nSPS) is 21.2. The molecule has 7 heteroatoms. The van der Waals surface area contributed by atoms with Crippen LogP contribution in [0.1, 0.15) is 53.0 Å². The van der Waals surface area contributed by atoms with Gasteiger partial charge in [0.1, 0.15) is 11.4 Å². The molecule has 0 aromatic heterocycles. The number of halogens is 1. The average molecular weight is 410 g/mol. The van der Waals surface area contributed by atoms with E-state index >= 15 is 0 Å². The predicted octanol–water partition coefficient (Wildman–Crippen LogP) is 3.82. The van der Waals surface area contributed by atoms with Crippen LogP contribution in [0.25, 0.3) is 0 Å². The van der Waals surface area contributed by atoms with E-state index in [1.54, 1.807) is 57.2 Å². The van der Waals surface area contributed by atoms with Crippen LogP contribution in [0.3, 0.4) is 0 Å². The van der Waals surface area contributed by atoms with Gasteiger partial charge >= 0.3 is 6.09 Å². The third-order valence-corrected chi connectivity index (χ3v) is 5.40. The number of fused-ring (bicyclic) bond motifs is 1. The predicted molar refractivity (Wildman–Crippen MR) is 108 cm³/mol. The number of carbonyl (C=O) groups excluding carboxylic acids is 3. The van der Waals surface area contributed by atoms with Crippen LogP contribution in [0, 0.1) is 5.82 Å². The molecule has 4 rings (SSSR count). The third-order valence-electron chi connectivity index (χ3n) is 5.40. The van der Waals surface area contributed by atoms with E-state index in [-0.39, 0.29) is 36.6 Å². The summed E-state index contributed by atoms with van der Waals surface area (Å²) in [7, 11) is 0. The summed E-state index contributed by atoms with van der Waals surface area (Å²) < 4.78 is 19.0. The number of hydrogen-bond acceptors (Lipinski definition) is 4. The van der Waals surface area contributed by atoms with Crippen LogP contribution in [-0.4, -0.2) is 52.4 Å². The zero-order valence-electron chi connectivity index (χ0n) is 17.1. The minimum absolute atomic E-state index is 0.155. The van der Waals surface area contributed by atoms with Crippen molar-refractivity contribution in [3.63, 3.8) is 0 Å². The maximum Gasteiger partial charge on any atom is 0.410 e. The molecule has 30 heavy (non-hydrogen) atoms. The van der Waals surface area contributed by atoms with E-state index in [4.69, 9.17) is 4.74 Å². The van der Waals surface area contributed by atoms with Crippen molar-refractivity contribution in [3.8, 4) is 0 Å². The van der Waals surface area contributed by atoms with Crippen molar-refractivity contribution >= 4 is 17.9 Å². The molecule has 2 aliphatic heterocycles. The van der Waals surface area contributed by atoms with Gasteiger partial charge in [-0.05, 0) is 50.6 Å². The van der Waals surface area contributed by atoms with Crippen molar-refractivity contribution in [2.24, 2.45) is 0 Å². The molecule has 0 unspecified atom stereocenters. The minimum Gasteiger partial charge on any atom is -0.444 e. The van der Waals surface area contributed by atoms with Crippen molar-refractivity contribution in [1.82, 2.24) is 9.80 Å². The fourth-order valence-electron chi connectivity index (χ4n) is 4.07. The van der Waals surface area contributed by atoms with Crippen LogP contribution in [0.4, 0.5) is 9.18 Å². The number of nitrogens with zero attached hydrogens (tertiary/aromatic N) is 2. The maximum absolute atomic E-state index is 13.5. The molecule has 2 aromatic carbocycles. The van der Waals surface area contributed by atoms with Crippen molar-refractivity contribution in [3.05, 3.63) is 71.0 Å². The Bertz CT molecular complexity index is 978. The monoisotopic (exact) mass is 410 g/mol. The first-order chi connectivity index (χ1) is 14.2. The molecule has 0 aliphatic carbocycles. The lowest BCUT2D eigenvalue weighted by molar-refractivity contribution is 0.0273. The van der Waals surface area contributed by atoms with Crippen LogP contribution in [-0.2, 0) is 4.74 Å². The van der Waals surface area contributed by atoms with Gasteiger partial charge in [0.15, 0.2) is 0 Å². The van der Waals surface area contributed by atoms with Gasteiger partial charge in [0.2, 0.25) is 0 Å². The van der Waals surface area contributed by atoms with Crippen LogP contribution in [0.5, 0.6) is 0 Å². The molecule has 0 bridgehead atoms. The van der Waals surface area contributed by atoms with Crippen LogP contribution in [0.15, 0.2) is 48.5 Å². The highest BCUT2D eigenvalue weighted by atomic mass is 19.1. The number of benzene rings is 2. The number of rotatable bonds is 2. The molecular weight excluding hydrogens is 387 g/mol. The van der Waals surface area contributed by atoms with E-state index in [0.29, 0.717) is 11.1 Å². The first kappa shape index (κ1) is 20.1. The summed E-state index contributed by atoms with van der Waals surface area (Å²) in [6.45, 7) is 5.75. The Morgan fingerprint density at radius 1 is 0.967 bits per heavy atom. The number of likely N-dealkylation sites (tertiary alicyclic amines) is 1. The van der Waals surface area contributed by atoms with Crippen molar-refractivity contribution in [2.75, 3.05) is 13.1 Å². The fraction of sp³-hybridized carbons (Fsp3) is 0.348. The van der Waals surface area contributed by atoms with Gasteiger partial charge in [-0.3, -0.25) is 14.5 Å². The summed E-state index contributed by atoms with van der Waals surface area (Å²) in [6, 6.07) is 12.0. The summed E-state index contributed by atoms with van der Waals surface area (Å²) in [5, 5.41) is 0. The molecule has 2 atom stereocenters. The Morgan fingerprint density at radius 3 is 2.07 bits per heavy atom. The summed E-state index contributed by atoms with van der Waals surface area (Å²) >= 11 is 0. The van der Waals surface area contributed by atoms with Gasteiger partial charge < -0.3 is 9.64 Å². The van der Waals surface area contributed by atoms with E-state index in [1.807, 2.05) is 0 Å². The van der Waals surface area contributed by atoms with Crippen molar-refractivity contribution in [1.29, 1.82) is 0 Å². The molecule has 2 aromatic rings. The molecule has 156 valence electrons. The first-order valence-electron chi connectivity index (χ1n) is 9.86. The van der Waals surface area contributed by atoms with Crippen molar-refractivity contribution < 1.29 is 23.5 Å². The van der Waals surface area contributed by atoms with Crippen molar-refractivity contribution in [2.45, 2.75) is 38.3 Å². The lowest BCUT2D eigenvalue weighted by Crippen LogP contribution is -2.44. The highest BCUT2D eigenvalue weighted by molar-refractivity contribution is 6.21. The number of ether oxygens (including phenoxy) is 1. The molecule has 0 saturated carbocycles. The second-order valence-corrected chi connectivity index (χ2v) is 8.64. The Kier molecular flexibility index (Phi) is 4.84. The zero-order valence-corrected chi connectivity index (χ0v) is 17.1. The van der Waals surface area contributed by atoms with E-state index in [9.17, 15) is 18.8 Å². The molecule has 3 amide bonds. The topological polar surface area (TPSA) is 66.9 Å².